The van der Waals surface area contributed by atoms with E-state index in [4.69, 9.17) is 14.0 Å². The van der Waals surface area contributed by atoms with E-state index in [0.717, 1.165) is 11.1 Å². The summed E-state index contributed by atoms with van der Waals surface area (Å²) in [6, 6.07) is 18.5. The highest BCUT2D eigenvalue weighted by Gasteiger charge is 2.26. The average molecular weight is 445 g/mol. The Morgan fingerprint density at radius 1 is 1.06 bits per heavy atom. The van der Waals surface area contributed by atoms with Crippen molar-refractivity contribution >= 4 is 17.6 Å². The second-order valence-electron chi connectivity index (χ2n) is 7.16. The number of amides is 1. The van der Waals surface area contributed by atoms with Gasteiger partial charge in [0.05, 0.1) is 25.6 Å². The van der Waals surface area contributed by atoms with E-state index in [0.29, 0.717) is 23.5 Å². The third-order valence-corrected chi connectivity index (χ3v) is 5.04. The summed E-state index contributed by atoms with van der Waals surface area (Å²) in [5, 5.41) is 6.41. The number of hydrogen-bond acceptors (Lipinski definition) is 6. The van der Waals surface area contributed by atoms with Crippen molar-refractivity contribution in [2.75, 3.05) is 19.0 Å². The first-order chi connectivity index (χ1) is 16.1. The molecular formula is C25H23N3O5. The van der Waals surface area contributed by atoms with E-state index in [2.05, 4.69) is 10.5 Å². The second kappa shape index (κ2) is 9.86. The molecule has 8 heteroatoms. The summed E-state index contributed by atoms with van der Waals surface area (Å²) in [7, 11) is 1.59. The lowest BCUT2D eigenvalue weighted by Crippen LogP contribution is -2.18. The molecule has 4 rings (SSSR count). The fourth-order valence-corrected chi connectivity index (χ4v) is 3.50. The number of benzene rings is 2. The molecule has 4 aromatic rings. The van der Waals surface area contributed by atoms with Gasteiger partial charge in [-0.3, -0.25) is 4.79 Å². The van der Waals surface area contributed by atoms with Crippen LogP contribution in [0, 0.1) is 0 Å². The number of hydrogen-bond donors (Lipinski definition) is 1. The number of carbonyl (C=O) groups excluding carboxylic acids is 2. The fraction of sp³-hybridized carbons (Fsp3) is 0.160. The molecule has 0 radical (unpaired) electrons. The summed E-state index contributed by atoms with van der Waals surface area (Å²) in [5.74, 6) is -0.340. The number of nitrogens with one attached hydrogen (secondary N) is 1. The largest absolute Gasteiger partial charge is 0.497 e. The molecule has 2 heterocycles. The number of rotatable bonds is 8. The second-order valence-corrected chi connectivity index (χ2v) is 7.16. The molecule has 168 valence electrons. The number of esters is 1. The number of methoxy groups -OCH3 is 1. The number of ether oxygens (including phenoxy) is 2. The van der Waals surface area contributed by atoms with E-state index in [1.54, 1.807) is 18.6 Å². The molecule has 0 unspecified atom stereocenters. The number of anilines is 1. The van der Waals surface area contributed by atoms with E-state index in [9.17, 15) is 9.59 Å². The summed E-state index contributed by atoms with van der Waals surface area (Å²) >= 11 is 0. The zero-order valence-electron chi connectivity index (χ0n) is 18.3. The predicted octanol–water partition coefficient (Wildman–Crippen LogP) is 4.63. The highest BCUT2D eigenvalue weighted by Crippen LogP contribution is 2.35. The van der Waals surface area contributed by atoms with Crippen molar-refractivity contribution < 1.29 is 23.6 Å². The third-order valence-electron chi connectivity index (χ3n) is 5.04. The van der Waals surface area contributed by atoms with Crippen LogP contribution in [0.3, 0.4) is 0 Å². The Hall–Kier alpha value is -4.33. The quantitative estimate of drug-likeness (QED) is 0.397. The van der Waals surface area contributed by atoms with Gasteiger partial charge in [-0.05, 0) is 30.2 Å². The molecule has 0 saturated heterocycles. The number of nitrogens with zero attached hydrogens (tertiary/aromatic N) is 2. The van der Waals surface area contributed by atoms with Gasteiger partial charge >= 0.3 is 5.97 Å². The first kappa shape index (κ1) is 21.9. The standard InChI is InChI=1S/C25H23N3O5/c1-3-32-25(30)23-22(27-24(29)21-13-14-26-33-21)20(18-9-11-19(31-2)12-10-18)16-28(23)15-17-7-5-4-6-8-17/h4-14,16H,3,15H2,1-2H3,(H,27,29). The molecule has 0 atom stereocenters. The first-order valence-electron chi connectivity index (χ1n) is 10.4. The van der Waals surface area contributed by atoms with E-state index in [1.165, 1.54) is 12.3 Å². The van der Waals surface area contributed by atoms with Crippen molar-refractivity contribution in [2.45, 2.75) is 13.5 Å². The van der Waals surface area contributed by atoms with Crippen LogP contribution >= 0.6 is 0 Å². The van der Waals surface area contributed by atoms with Gasteiger partial charge in [0.2, 0.25) is 5.76 Å². The highest BCUT2D eigenvalue weighted by molar-refractivity contribution is 6.09. The molecule has 0 saturated carbocycles. The van der Waals surface area contributed by atoms with Crippen molar-refractivity contribution in [2.24, 2.45) is 0 Å². The Kier molecular flexibility index (Phi) is 6.54. The van der Waals surface area contributed by atoms with Crippen LogP contribution in [0.25, 0.3) is 11.1 Å². The lowest BCUT2D eigenvalue weighted by Gasteiger charge is -2.12. The smallest absolute Gasteiger partial charge is 0.357 e. The molecule has 8 nitrogen and oxygen atoms in total. The van der Waals surface area contributed by atoms with Crippen LogP contribution in [-0.2, 0) is 11.3 Å². The molecule has 0 spiro atoms. The predicted molar refractivity (Wildman–Crippen MR) is 122 cm³/mol. The monoisotopic (exact) mass is 445 g/mol. The minimum atomic E-state index is -0.541. The maximum absolute atomic E-state index is 13.0. The van der Waals surface area contributed by atoms with E-state index < -0.39 is 11.9 Å². The van der Waals surface area contributed by atoms with E-state index >= 15 is 0 Å². The van der Waals surface area contributed by atoms with Gasteiger partial charge in [-0.25, -0.2) is 4.79 Å². The lowest BCUT2D eigenvalue weighted by molar-refractivity contribution is 0.0515. The summed E-state index contributed by atoms with van der Waals surface area (Å²) in [6.45, 7) is 2.35. The van der Waals surface area contributed by atoms with Crippen molar-refractivity contribution in [1.29, 1.82) is 0 Å². The molecule has 33 heavy (non-hydrogen) atoms. The van der Waals surface area contributed by atoms with Gasteiger partial charge in [-0.1, -0.05) is 47.6 Å². The average Bonchev–Trinajstić information content (AvgIpc) is 3.49. The van der Waals surface area contributed by atoms with Crippen LogP contribution in [0.2, 0.25) is 0 Å². The minimum Gasteiger partial charge on any atom is -0.497 e. The summed E-state index contributed by atoms with van der Waals surface area (Å²) in [6.07, 6.45) is 3.21. The number of carbonyl (C=O) groups is 2. The van der Waals surface area contributed by atoms with Crippen molar-refractivity contribution in [3.63, 3.8) is 0 Å². The Morgan fingerprint density at radius 2 is 1.82 bits per heavy atom. The molecular weight excluding hydrogens is 422 g/mol. The van der Waals surface area contributed by atoms with Crippen molar-refractivity contribution in [1.82, 2.24) is 9.72 Å². The minimum absolute atomic E-state index is 0.0290. The van der Waals surface area contributed by atoms with Gasteiger partial charge in [0.1, 0.15) is 5.75 Å². The summed E-state index contributed by atoms with van der Waals surface area (Å²) < 4.78 is 17.4. The normalized spacial score (nSPS) is 10.6. The number of aromatic nitrogens is 2. The van der Waals surface area contributed by atoms with E-state index in [-0.39, 0.29) is 18.1 Å². The summed E-state index contributed by atoms with van der Waals surface area (Å²) in [4.78, 5) is 25.9. The van der Waals surface area contributed by atoms with Gasteiger partial charge in [0, 0.05) is 24.4 Å². The Balaban J connectivity index is 1.85. The van der Waals surface area contributed by atoms with Crippen LogP contribution < -0.4 is 10.1 Å². The molecule has 0 aliphatic carbocycles. The fourth-order valence-electron chi connectivity index (χ4n) is 3.50. The molecule has 0 bridgehead atoms. The van der Waals surface area contributed by atoms with Crippen LogP contribution in [-0.4, -0.2) is 35.3 Å². The van der Waals surface area contributed by atoms with Crippen LogP contribution in [0.5, 0.6) is 5.75 Å². The SMILES string of the molecule is CCOC(=O)c1c(NC(=O)c2ccno2)c(-c2ccc(OC)cc2)cn1Cc1ccccc1. The third kappa shape index (κ3) is 4.79. The highest BCUT2D eigenvalue weighted by atomic mass is 16.5. The maximum atomic E-state index is 13.0. The molecule has 2 aromatic carbocycles. The molecule has 1 amide bonds. The zero-order valence-corrected chi connectivity index (χ0v) is 18.3. The van der Waals surface area contributed by atoms with Crippen LogP contribution in [0.4, 0.5) is 5.69 Å². The molecule has 1 N–H and O–H groups in total. The molecule has 0 aliphatic heterocycles. The van der Waals surface area contributed by atoms with Crippen molar-refractivity contribution in [3.05, 3.63) is 90.1 Å². The lowest BCUT2D eigenvalue weighted by atomic mass is 10.1. The molecule has 2 aromatic heterocycles. The van der Waals surface area contributed by atoms with Gasteiger partial charge < -0.3 is 23.9 Å². The molecule has 0 aliphatic rings. The first-order valence-corrected chi connectivity index (χ1v) is 10.4. The van der Waals surface area contributed by atoms with Gasteiger partial charge in [-0.15, -0.1) is 0 Å². The van der Waals surface area contributed by atoms with Gasteiger partial charge in [-0.2, -0.15) is 0 Å². The van der Waals surface area contributed by atoms with Gasteiger partial charge in [0.25, 0.3) is 5.91 Å². The maximum Gasteiger partial charge on any atom is 0.357 e. The van der Waals surface area contributed by atoms with Gasteiger partial charge in [0.15, 0.2) is 5.69 Å². The van der Waals surface area contributed by atoms with Crippen LogP contribution in [0.1, 0.15) is 33.5 Å². The van der Waals surface area contributed by atoms with E-state index in [1.807, 2.05) is 60.8 Å². The Labute approximate surface area is 190 Å². The molecule has 0 fully saturated rings. The van der Waals surface area contributed by atoms with Crippen molar-refractivity contribution in [3.8, 4) is 16.9 Å². The summed E-state index contributed by atoms with van der Waals surface area (Å²) in [5.41, 5.74) is 3.01. The zero-order chi connectivity index (χ0) is 23.2. The van der Waals surface area contributed by atoms with Crippen LogP contribution in [0.15, 0.2) is 77.6 Å². The topological polar surface area (TPSA) is 95.6 Å². The Morgan fingerprint density at radius 3 is 2.45 bits per heavy atom. The Bertz CT molecular complexity index is 1230.